The Morgan fingerprint density at radius 2 is 1.86 bits per heavy atom. The van der Waals surface area contributed by atoms with Crippen LogP contribution in [-0.4, -0.2) is 16.5 Å². The van der Waals surface area contributed by atoms with Crippen LogP contribution in [0.4, 0.5) is 30.6 Å². The van der Waals surface area contributed by atoms with Gasteiger partial charge in [-0.15, -0.1) is 0 Å². The molecule has 0 spiro atoms. The first-order valence-electron chi connectivity index (χ1n) is 6.84. The van der Waals surface area contributed by atoms with Gasteiger partial charge >= 0.3 is 6.18 Å². The van der Waals surface area contributed by atoms with Crippen molar-refractivity contribution in [3.05, 3.63) is 41.1 Å². The summed E-state index contributed by atoms with van der Waals surface area (Å²) in [6.45, 7) is 6.03. The molecule has 4 nitrogen and oxygen atoms in total. The largest absolute Gasteiger partial charge is 0.433 e. The quantitative estimate of drug-likeness (QED) is 0.884. The fourth-order valence-corrected chi connectivity index (χ4v) is 1.92. The molecule has 0 aliphatic carbocycles. The highest BCUT2D eigenvalue weighted by molar-refractivity contribution is 5.63. The lowest BCUT2D eigenvalue weighted by Crippen LogP contribution is -2.13. The molecule has 1 aromatic heterocycles. The Kier molecular flexibility index (Phi) is 4.54. The van der Waals surface area contributed by atoms with E-state index in [1.807, 2.05) is 26.0 Å². The van der Waals surface area contributed by atoms with Crippen molar-refractivity contribution < 1.29 is 13.2 Å². The number of alkyl halides is 3. The van der Waals surface area contributed by atoms with E-state index in [0.29, 0.717) is 12.2 Å². The van der Waals surface area contributed by atoms with Gasteiger partial charge < -0.3 is 10.6 Å². The maximum Gasteiger partial charge on any atom is 0.433 e. The lowest BCUT2D eigenvalue weighted by Gasteiger charge is -2.14. The van der Waals surface area contributed by atoms with Crippen LogP contribution in [-0.2, 0) is 6.18 Å². The van der Waals surface area contributed by atoms with Gasteiger partial charge in [-0.2, -0.15) is 18.2 Å². The number of benzene rings is 1. The summed E-state index contributed by atoms with van der Waals surface area (Å²) in [6.07, 6.45) is -4.52. The number of nitrogens with zero attached hydrogens (tertiary/aromatic N) is 2. The summed E-state index contributed by atoms with van der Waals surface area (Å²) < 4.78 is 38.8. The standard InChI is InChI=1S/C15H17F3N4/c1-4-19-14-21-12(15(16,17)18)8-13(22-14)20-11-7-5-6-9(2)10(11)3/h5-8H,4H2,1-3H3,(H2,19,20,21,22). The van der Waals surface area contributed by atoms with E-state index in [-0.39, 0.29) is 11.8 Å². The van der Waals surface area contributed by atoms with Gasteiger partial charge in [0.1, 0.15) is 5.82 Å². The Morgan fingerprint density at radius 1 is 1.14 bits per heavy atom. The van der Waals surface area contributed by atoms with Gasteiger partial charge in [0.2, 0.25) is 5.95 Å². The second-order valence-corrected chi connectivity index (χ2v) is 4.86. The Labute approximate surface area is 126 Å². The molecule has 0 fully saturated rings. The topological polar surface area (TPSA) is 49.8 Å². The zero-order valence-electron chi connectivity index (χ0n) is 12.5. The second kappa shape index (κ2) is 6.21. The van der Waals surface area contributed by atoms with Gasteiger partial charge in [-0.05, 0) is 38.0 Å². The molecule has 118 valence electrons. The Hall–Kier alpha value is -2.31. The van der Waals surface area contributed by atoms with E-state index in [0.717, 1.165) is 17.2 Å². The number of rotatable bonds is 4. The molecule has 0 aliphatic heterocycles. The third-order valence-electron chi connectivity index (χ3n) is 3.22. The van der Waals surface area contributed by atoms with Crippen LogP contribution in [0, 0.1) is 13.8 Å². The Bertz CT molecular complexity index is 668. The van der Waals surface area contributed by atoms with Gasteiger partial charge in [0.05, 0.1) is 0 Å². The van der Waals surface area contributed by atoms with E-state index in [1.54, 1.807) is 13.0 Å². The van der Waals surface area contributed by atoms with Crippen LogP contribution in [0.5, 0.6) is 0 Å². The van der Waals surface area contributed by atoms with Gasteiger partial charge in [0.25, 0.3) is 0 Å². The molecule has 0 aliphatic rings. The van der Waals surface area contributed by atoms with Crippen molar-refractivity contribution in [1.29, 1.82) is 0 Å². The van der Waals surface area contributed by atoms with Crippen LogP contribution in [0.15, 0.2) is 24.3 Å². The molecule has 22 heavy (non-hydrogen) atoms. The molecule has 0 amide bonds. The van der Waals surface area contributed by atoms with Crippen LogP contribution >= 0.6 is 0 Å². The minimum atomic E-state index is -4.52. The van der Waals surface area contributed by atoms with Crippen LogP contribution in [0.1, 0.15) is 23.7 Å². The van der Waals surface area contributed by atoms with Gasteiger partial charge in [-0.3, -0.25) is 0 Å². The molecule has 0 unspecified atom stereocenters. The molecular formula is C15H17F3N4. The van der Waals surface area contributed by atoms with Gasteiger partial charge in [-0.25, -0.2) is 4.98 Å². The highest BCUT2D eigenvalue weighted by Crippen LogP contribution is 2.31. The minimum absolute atomic E-state index is 0.0508. The number of halogens is 3. The predicted molar refractivity (Wildman–Crippen MR) is 80.4 cm³/mol. The summed E-state index contributed by atoms with van der Waals surface area (Å²) in [5.74, 6) is 0.0529. The number of hydrogen-bond donors (Lipinski definition) is 2. The molecule has 0 saturated carbocycles. The number of hydrogen-bond acceptors (Lipinski definition) is 4. The van der Waals surface area contributed by atoms with Crippen molar-refractivity contribution in [3.8, 4) is 0 Å². The van der Waals surface area contributed by atoms with Crippen molar-refractivity contribution in [2.75, 3.05) is 17.2 Å². The summed E-state index contributed by atoms with van der Waals surface area (Å²) in [5, 5.41) is 5.64. The molecule has 7 heteroatoms. The third kappa shape index (κ3) is 3.66. The van der Waals surface area contributed by atoms with Crippen molar-refractivity contribution >= 4 is 17.5 Å². The van der Waals surface area contributed by atoms with Crippen LogP contribution in [0.25, 0.3) is 0 Å². The SMILES string of the molecule is CCNc1nc(Nc2cccc(C)c2C)cc(C(F)(F)F)n1. The summed E-state index contributed by atoms with van der Waals surface area (Å²) in [7, 11) is 0. The molecule has 2 rings (SSSR count). The first kappa shape index (κ1) is 16.1. The smallest absolute Gasteiger partial charge is 0.354 e. The molecule has 2 N–H and O–H groups in total. The molecule has 1 heterocycles. The zero-order chi connectivity index (χ0) is 16.3. The number of aryl methyl sites for hydroxylation is 1. The number of anilines is 3. The van der Waals surface area contributed by atoms with Crippen LogP contribution in [0.2, 0.25) is 0 Å². The summed E-state index contributed by atoms with van der Waals surface area (Å²) >= 11 is 0. The molecule has 0 radical (unpaired) electrons. The number of aromatic nitrogens is 2. The van der Waals surface area contributed by atoms with Crippen molar-refractivity contribution in [1.82, 2.24) is 9.97 Å². The first-order chi connectivity index (χ1) is 10.3. The lowest BCUT2D eigenvalue weighted by atomic mass is 10.1. The van der Waals surface area contributed by atoms with E-state index in [9.17, 15) is 13.2 Å². The fraction of sp³-hybridized carbons (Fsp3) is 0.333. The lowest BCUT2D eigenvalue weighted by molar-refractivity contribution is -0.141. The predicted octanol–water partition coefficient (Wildman–Crippen LogP) is 4.29. The van der Waals surface area contributed by atoms with Crippen molar-refractivity contribution in [2.24, 2.45) is 0 Å². The van der Waals surface area contributed by atoms with E-state index in [1.165, 1.54) is 0 Å². The van der Waals surface area contributed by atoms with E-state index in [2.05, 4.69) is 20.6 Å². The van der Waals surface area contributed by atoms with Gasteiger partial charge in [0.15, 0.2) is 5.69 Å². The maximum atomic E-state index is 12.9. The van der Waals surface area contributed by atoms with Crippen LogP contribution < -0.4 is 10.6 Å². The summed E-state index contributed by atoms with van der Waals surface area (Å²) in [5.41, 5.74) is 1.74. The molecule has 1 aromatic carbocycles. The molecule has 0 atom stereocenters. The van der Waals surface area contributed by atoms with Crippen LogP contribution in [0.3, 0.4) is 0 Å². The normalized spacial score (nSPS) is 11.4. The third-order valence-corrected chi connectivity index (χ3v) is 3.22. The molecule has 0 saturated heterocycles. The van der Waals surface area contributed by atoms with E-state index >= 15 is 0 Å². The van der Waals surface area contributed by atoms with Gasteiger partial charge in [0, 0.05) is 18.3 Å². The average Bonchev–Trinajstić information content (AvgIpc) is 2.43. The highest BCUT2D eigenvalue weighted by Gasteiger charge is 2.33. The minimum Gasteiger partial charge on any atom is -0.354 e. The first-order valence-corrected chi connectivity index (χ1v) is 6.84. The summed E-state index contributed by atoms with van der Waals surface area (Å²) in [6, 6.07) is 6.47. The number of nitrogens with one attached hydrogen (secondary N) is 2. The fourth-order valence-electron chi connectivity index (χ4n) is 1.92. The Morgan fingerprint density at radius 3 is 2.50 bits per heavy atom. The van der Waals surface area contributed by atoms with Gasteiger partial charge in [-0.1, -0.05) is 12.1 Å². The van der Waals surface area contributed by atoms with Crippen molar-refractivity contribution in [2.45, 2.75) is 26.9 Å². The summed E-state index contributed by atoms with van der Waals surface area (Å²) in [4.78, 5) is 7.56. The van der Waals surface area contributed by atoms with E-state index in [4.69, 9.17) is 0 Å². The average molecular weight is 310 g/mol. The molecule has 2 aromatic rings. The van der Waals surface area contributed by atoms with Crippen molar-refractivity contribution in [3.63, 3.8) is 0 Å². The monoisotopic (exact) mass is 310 g/mol. The Balaban J connectivity index is 2.41. The second-order valence-electron chi connectivity index (χ2n) is 4.86. The zero-order valence-corrected chi connectivity index (χ0v) is 12.5. The molecule has 0 bridgehead atoms. The maximum absolute atomic E-state index is 12.9. The highest BCUT2D eigenvalue weighted by atomic mass is 19.4. The van der Waals surface area contributed by atoms with E-state index < -0.39 is 11.9 Å². The molecular weight excluding hydrogens is 293 g/mol.